The SMILES string of the molecule is CC1Cc2ccccc2N1CC(=O)Nc1ccc(Br)cc1. The van der Waals surface area contributed by atoms with Gasteiger partial charge in [0.25, 0.3) is 0 Å². The summed E-state index contributed by atoms with van der Waals surface area (Å²) in [5.41, 5.74) is 3.32. The van der Waals surface area contributed by atoms with Crippen LogP contribution < -0.4 is 10.2 Å². The number of nitrogens with one attached hydrogen (secondary N) is 1. The van der Waals surface area contributed by atoms with E-state index >= 15 is 0 Å². The fraction of sp³-hybridized carbons (Fsp3) is 0.235. The van der Waals surface area contributed by atoms with Crippen LogP contribution in [-0.2, 0) is 11.2 Å². The number of halogens is 1. The summed E-state index contributed by atoms with van der Waals surface area (Å²) < 4.78 is 1.00. The van der Waals surface area contributed by atoms with Gasteiger partial charge in [-0.3, -0.25) is 4.79 Å². The first-order valence-corrected chi connectivity index (χ1v) is 7.83. The van der Waals surface area contributed by atoms with Crippen LogP contribution in [-0.4, -0.2) is 18.5 Å². The Kier molecular flexibility index (Phi) is 3.97. The number of amides is 1. The normalized spacial score (nSPS) is 16.7. The molecule has 3 nitrogen and oxygen atoms in total. The molecule has 0 aromatic heterocycles. The summed E-state index contributed by atoms with van der Waals surface area (Å²) in [6.45, 7) is 2.54. The number of carbonyl (C=O) groups is 1. The molecule has 0 saturated carbocycles. The number of carbonyl (C=O) groups excluding carboxylic acids is 1. The van der Waals surface area contributed by atoms with E-state index in [0.29, 0.717) is 12.6 Å². The maximum atomic E-state index is 12.2. The topological polar surface area (TPSA) is 32.3 Å². The van der Waals surface area contributed by atoms with Crippen molar-refractivity contribution in [3.05, 3.63) is 58.6 Å². The van der Waals surface area contributed by atoms with Crippen molar-refractivity contribution in [1.82, 2.24) is 0 Å². The lowest BCUT2D eigenvalue weighted by atomic mass is 10.1. The van der Waals surface area contributed by atoms with Gasteiger partial charge in [-0.1, -0.05) is 34.1 Å². The van der Waals surface area contributed by atoms with Crippen molar-refractivity contribution in [2.24, 2.45) is 0 Å². The standard InChI is InChI=1S/C17H17BrN2O/c1-12-10-13-4-2-3-5-16(13)20(12)11-17(21)19-15-8-6-14(18)7-9-15/h2-9,12H,10-11H2,1H3,(H,19,21). The summed E-state index contributed by atoms with van der Waals surface area (Å²) in [7, 11) is 0. The molecular weight excluding hydrogens is 328 g/mol. The molecule has 0 radical (unpaired) electrons. The molecule has 0 fully saturated rings. The van der Waals surface area contributed by atoms with Crippen molar-refractivity contribution in [3.8, 4) is 0 Å². The van der Waals surface area contributed by atoms with E-state index in [9.17, 15) is 4.79 Å². The summed E-state index contributed by atoms with van der Waals surface area (Å²) in [5, 5.41) is 2.95. The van der Waals surface area contributed by atoms with Crippen molar-refractivity contribution < 1.29 is 4.79 Å². The average molecular weight is 345 g/mol. The summed E-state index contributed by atoms with van der Waals surface area (Å²) >= 11 is 3.39. The van der Waals surface area contributed by atoms with Crippen LogP contribution in [0, 0.1) is 0 Å². The number of benzene rings is 2. The van der Waals surface area contributed by atoms with Gasteiger partial charge in [-0.25, -0.2) is 0 Å². The van der Waals surface area contributed by atoms with Gasteiger partial charge >= 0.3 is 0 Å². The van der Waals surface area contributed by atoms with Crippen molar-refractivity contribution in [1.29, 1.82) is 0 Å². The van der Waals surface area contributed by atoms with Crippen LogP contribution in [0.5, 0.6) is 0 Å². The molecule has 0 saturated heterocycles. The minimum Gasteiger partial charge on any atom is -0.359 e. The Morgan fingerprint density at radius 3 is 2.71 bits per heavy atom. The summed E-state index contributed by atoms with van der Waals surface area (Å²) in [5.74, 6) is 0.0147. The Morgan fingerprint density at radius 2 is 1.95 bits per heavy atom. The fourth-order valence-electron chi connectivity index (χ4n) is 2.76. The molecule has 1 amide bonds. The van der Waals surface area contributed by atoms with Crippen LogP contribution in [0.25, 0.3) is 0 Å². The van der Waals surface area contributed by atoms with Gasteiger partial charge in [-0.05, 0) is 49.2 Å². The molecule has 2 aromatic carbocycles. The van der Waals surface area contributed by atoms with Gasteiger partial charge in [0, 0.05) is 21.9 Å². The van der Waals surface area contributed by atoms with Gasteiger partial charge in [0.2, 0.25) is 5.91 Å². The van der Waals surface area contributed by atoms with Gasteiger partial charge in [0.15, 0.2) is 0 Å². The summed E-state index contributed by atoms with van der Waals surface area (Å²) in [4.78, 5) is 14.4. The Bertz CT molecular complexity index is 654. The zero-order chi connectivity index (χ0) is 14.8. The lowest BCUT2D eigenvalue weighted by Gasteiger charge is -2.24. The molecule has 3 rings (SSSR count). The molecule has 2 aromatic rings. The lowest BCUT2D eigenvalue weighted by molar-refractivity contribution is -0.115. The first kappa shape index (κ1) is 14.1. The zero-order valence-corrected chi connectivity index (χ0v) is 13.4. The summed E-state index contributed by atoms with van der Waals surface area (Å²) in [6, 6.07) is 16.3. The highest BCUT2D eigenvalue weighted by atomic mass is 79.9. The van der Waals surface area contributed by atoms with Crippen molar-refractivity contribution in [2.75, 3.05) is 16.8 Å². The van der Waals surface area contributed by atoms with E-state index in [1.54, 1.807) is 0 Å². The van der Waals surface area contributed by atoms with Gasteiger partial charge < -0.3 is 10.2 Å². The number of hydrogen-bond donors (Lipinski definition) is 1. The number of rotatable bonds is 3. The number of anilines is 2. The molecule has 1 atom stereocenters. The second-order valence-corrected chi connectivity index (χ2v) is 6.28. The van der Waals surface area contributed by atoms with Crippen LogP contribution in [0.1, 0.15) is 12.5 Å². The molecule has 0 spiro atoms. The first-order chi connectivity index (χ1) is 10.1. The lowest BCUT2D eigenvalue weighted by Crippen LogP contribution is -2.37. The number of nitrogens with zero attached hydrogens (tertiary/aromatic N) is 1. The number of hydrogen-bond acceptors (Lipinski definition) is 2. The highest BCUT2D eigenvalue weighted by Gasteiger charge is 2.26. The van der Waals surface area contributed by atoms with E-state index in [1.807, 2.05) is 30.3 Å². The van der Waals surface area contributed by atoms with E-state index in [4.69, 9.17) is 0 Å². The molecule has 1 aliphatic rings. The molecule has 1 N–H and O–H groups in total. The fourth-order valence-corrected chi connectivity index (χ4v) is 3.02. The Balaban J connectivity index is 1.69. The molecule has 108 valence electrons. The van der Waals surface area contributed by atoms with Crippen LogP contribution >= 0.6 is 15.9 Å². The van der Waals surface area contributed by atoms with Gasteiger partial charge in [0.05, 0.1) is 6.54 Å². The maximum absolute atomic E-state index is 12.2. The third kappa shape index (κ3) is 3.10. The summed E-state index contributed by atoms with van der Waals surface area (Å²) in [6.07, 6.45) is 1.00. The average Bonchev–Trinajstić information content (AvgIpc) is 2.78. The van der Waals surface area contributed by atoms with E-state index in [0.717, 1.165) is 16.6 Å². The third-order valence-corrected chi connectivity index (χ3v) is 4.32. The molecule has 0 bridgehead atoms. The van der Waals surface area contributed by atoms with E-state index in [1.165, 1.54) is 11.3 Å². The van der Waals surface area contributed by atoms with Crippen LogP contribution in [0.4, 0.5) is 11.4 Å². The van der Waals surface area contributed by atoms with Crippen molar-refractivity contribution >= 4 is 33.2 Å². The van der Waals surface area contributed by atoms with Gasteiger partial charge in [-0.2, -0.15) is 0 Å². The molecule has 0 aliphatic carbocycles. The predicted molar refractivity (Wildman–Crippen MR) is 89.7 cm³/mol. The zero-order valence-electron chi connectivity index (χ0n) is 11.8. The van der Waals surface area contributed by atoms with Crippen LogP contribution in [0.2, 0.25) is 0 Å². The Hall–Kier alpha value is -1.81. The van der Waals surface area contributed by atoms with E-state index < -0.39 is 0 Å². The minimum absolute atomic E-state index is 0.0147. The molecule has 21 heavy (non-hydrogen) atoms. The third-order valence-electron chi connectivity index (χ3n) is 3.79. The number of para-hydroxylation sites is 1. The van der Waals surface area contributed by atoms with E-state index in [2.05, 4.69) is 51.3 Å². The molecule has 1 heterocycles. The predicted octanol–water partition coefficient (Wildman–Crippen LogP) is 3.84. The second kappa shape index (κ2) is 5.90. The Morgan fingerprint density at radius 1 is 1.24 bits per heavy atom. The van der Waals surface area contributed by atoms with Gasteiger partial charge in [0.1, 0.15) is 0 Å². The quantitative estimate of drug-likeness (QED) is 0.917. The Labute approximate surface area is 133 Å². The van der Waals surface area contributed by atoms with Crippen molar-refractivity contribution in [2.45, 2.75) is 19.4 Å². The molecule has 1 unspecified atom stereocenters. The minimum atomic E-state index is 0.0147. The molecule has 1 aliphatic heterocycles. The molecular formula is C17H17BrN2O. The van der Waals surface area contributed by atoms with E-state index in [-0.39, 0.29) is 5.91 Å². The van der Waals surface area contributed by atoms with Crippen LogP contribution in [0.3, 0.4) is 0 Å². The second-order valence-electron chi connectivity index (χ2n) is 5.36. The van der Waals surface area contributed by atoms with Gasteiger partial charge in [-0.15, -0.1) is 0 Å². The maximum Gasteiger partial charge on any atom is 0.243 e. The largest absolute Gasteiger partial charge is 0.359 e. The van der Waals surface area contributed by atoms with Crippen molar-refractivity contribution in [3.63, 3.8) is 0 Å². The highest BCUT2D eigenvalue weighted by Crippen LogP contribution is 2.31. The van der Waals surface area contributed by atoms with Crippen LogP contribution in [0.15, 0.2) is 53.0 Å². The number of fused-ring (bicyclic) bond motifs is 1. The highest BCUT2D eigenvalue weighted by molar-refractivity contribution is 9.10. The first-order valence-electron chi connectivity index (χ1n) is 7.03. The molecule has 4 heteroatoms. The monoisotopic (exact) mass is 344 g/mol. The smallest absolute Gasteiger partial charge is 0.243 e.